The van der Waals surface area contributed by atoms with E-state index in [1.807, 2.05) is 77.4 Å². The minimum Gasteiger partial charge on any atom is -0.497 e. The number of imidazole rings is 1. The topological polar surface area (TPSA) is 113 Å². The monoisotopic (exact) mass is 535 g/mol. The molecule has 1 amide bonds. The maximum absolute atomic E-state index is 13.7. The first kappa shape index (κ1) is 25.7. The minimum atomic E-state index is -0.949. The van der Waals surface area contributed by atoms with Crippen LogP contribution < -0.4 is 4.74 Å². The number of nitrogens with zero attached hydrogens (tertiary/aromatic N) is 5. The van der Waals surface area contributed by atoms with Crippen LogP contribution in [0.4, 0.5) is 5.82 Å². The number of amides is 1. The number of hydrogen-bond acceptors (Lipinski definition) is 7. The number of likely N-dealkylation sites (tertiary alicyclic amines) is 1. The number of fused-ring (bicyclic) bond motifs is 3. The molecule has 0 spiro atoms. The standard InChI is InChI=1S/C31H29N5O4/c1-40-26-12-8-22(9-13-26)16-36-27(39)14-31(25-10-6-24(18-38)7-11-25)28-29(32-19-33-30(31)36)35(20-34-28)15-21-2-4-23(17-37)5-3-21/h2-13,19-20,37-38H,14-18H2,1H3. The molecule has 1 atom stereocenters. The predicted octanol–water partition coefficient (Wildman–Crippen LogP) is 3.72. The summed E-state index contributed by atoms with van der Waals surface area (Å²) in [4.78, 5) is 29.8. The fourth-order valence-corrected chi connectivity index (χ4v) is 5.47. The molecule has 2 aliphatic rings. The molecule has 0 bridgehead atoms. The largest absolute Gasteiger partial charge is 0.497 e. The second-order valence-electron chi connectivity index (χ2n) is 9.98. The average Bonchev–Trinajstić information content (AvgIpc) is 3.46. The van der Waals surface area contributed by atoms with Crippen LogP contribution in [-0.2, 0) is 36.5 Å². The Balaban J connectivity index is 1.44. The maximum Gasteiger partial charge on any atom is 0.230 e. The van der Waals surface area contributed by atoms with Crippen molar-refractivity contribution in [2.45, 2.75) is 38.1 Å². The van der Waals surface area contributed by atoms with Gasteiger partial charge in [-0.05, 0) is 39.9 Å². The Kier molecular flexibility index (Phi) is 6.75. The van der Waals surface area contributed by atoms with Crippen LogP contribution in [0.1, 0.15) is 39.9 Å². The first-order valence-electron chi connectivity index (χ1n) is 13.0. The molecule has 3 aromatic carbocycles. The zero-order valence-electron chi connectivity index (χ0n) is 22.1. The minimum absolute atomic E-state index is 0.0101. The van der Waals surface area contributed by atoms with Crippen molar-refractivity contribution in [1.82, 2.24) is 14.5 Å². The lowest BCUT2D eigenvalue weighted by Gasteiger charge is -2.29. The number of carbonyl (C=O) groups is 1. The lowest BCUT2D eigenvalue weighted by Crippen LogP contribution is -2.39. The van der Waals surface area contributed by atoms with Crippen LogP contribution in [0.15, 0.2) is 89.1 Å². The Morgan fingerprint density at radius 3 is 2.10 bits per heavy atom. The van der Waals surface area contributed by atoms with Crippen LogP contribution in [0, 0.1) is 0 Å². The van der Waals surface area contributed by atoms with E-state index < -0.39 is 5.41 Å². The molecule has 0 radical (unpaired) electrons. The Hall–Kier alpha value is -4.60. The molecule has 1 saturated heterocycles. The highest BCUT2D eigenvalue weighted by molar-refractivity contribution is 6.16. The van der Waals surface area contributed by atoms with Crippen molar-refractivity contribution >= 4 is 23.9 Å². The maximum atomic E-state index is 13.7. The van der Waals surface area contributed by atoms with E-state index in [0.717, 1.165) is 33.6 Å². The normalized spacial score (nSPS) is 17.8. The molecule has 1 aromatic heterocycles. The van der Waals surface area contributed by atoms with Crippen LogP contribution in [0.3, 0.4) is 0 Å². The number of hydrogen-bond donors (Lipinski definition) is 2. The number of carbonyl (C=O) groups excluding carboxylic acids is 1. The molecule has 4 aromatic rings. The van der Waals surface area contributed by atoms with Gasteiger partial charge >= 0.3 is 0 Å². The van der Waals surface area contributed by atoms with Crippen LogP contribution >= 0.6 is 0 Å². The summed E-state index contributed by atoms with van der Waals surface area (Å²) >= 11 is 0. The van der Waals surface area contributed by atoms with E-state index in [-0.39, 0.29) is 25.5 Å². The van der Waals surface area contributed by atoms with Crippen molar-refractivity contribution < 1.29 is 19.7 Å². The van der Waals surface area contributed by atoms with Gasteiger partial charge in [0.25, 0.3) is 0 Å². The Morgan fingerprint density at radius 2 is 1.45 bits per heavy atom. The number of ether oxygens (including phenoxy) is 1. The van der Waals surface area contributed by atoms with Crippen molar-refractivity contribution in [2.24, 2.45) is 9.98 Å². The Morgan fingerprint density at radius 1 is 0.850 bits per heavy atom. The number of aliphatic hydroxyl groups is 2. The number of aliphatic imine (C=N–C) groups is 2. The van der Waals surface area contributed by atoms with Crippen LogP contribution in [0.2, 0.25) is 0 Å². The molecular weight excluding hydrogens is 506 g/mol. The summed E-state index contributed by atoms with van der Waals surface area (Å²) in [6.45, 7) is 0.779. The highest BCUT2D eigenvalue weighted by atomic mass is 16.5. The van der Waals surface area contributed by atoms with E-state index in [4.69, 9.17) is 19.7 Å². The second-order valence-corrected chi connectivity index (χ2v) is 9.98. The number of rotatable bonds is 8. The predicted molar refractivity (Wildman–Crippen MR) is 151 cm³/mol. The number of amidine groups is 1. The van der Waals surface area contributed by atoms with Crippen molar-refractivity contribution in [3.8, 4) is 5.75 Å². The molecule has 2 aliphatic heterocycles. The lowest BCUT2D eigenvalue weighted by molar-refractivity contribution is -0.126. The Bertz CT molecular complexity index is 1590. The van der Waals surface area contributed by atoms with E-state index >= 15 is 0 Å². The summed E-state index contributed by atoms with van der Waals surface area (Å²) in [6, 6.07) is 23.0. The van der Waals surface area contributed by atoms with Crippen LogP contribution in [-0.4, -0.2) is 49.9 Å². The molecular formula is C31H29N5O4. The molecule has 1 unspecified atom stereocenters. The summed E-state index contributed by atoms with van der Waals surface area (Å²) in [5.41, 5.74) is 4.17. The molecule has 0 saturated carbocycles. The third-order valence-corrected chi connectivity index (χ3v) is 7.62. The zero-order valence-corrected chi connectivity index (χ0v) is 22.1. The molecule has 6 rings (SSSR count). The van der Waals surface area contributed by atoms with Gasteiger partial charge in [-0.25, -0.2) is 15.0 Å². The number of aliphatic hydroxyl groups excluding tert-OH is 2. The number of aromatic nitrogens is 2. The van der Waals surface area contributed by atoms with Gasteiger partial charge in [-0.1, -0.05) is 60.7 Å². The van der Waals surface area contributed by atoms with Crippen LogP contribution in [0.5, 0.6) is 5.75 Å². The van der Waals surface area contributed by atoms with Gasteiger partial charge in [0.1, 0.15) is 29.0 Å². The third kappa shape index (κ3) is 4.39. The number of benzene rings is 3. The van der Waals surface area contributed by atoms with Gasteiger partial charge < -0.3 is 19.5 Å². The summed E-state index contributed by atoms with van der Waals surface area (Å²) in [5, 5.41) is 19.0. The summed E-state index contributed by atoms with van der Waals surface area (Å²) < 4.78 is 7.25. The summed E-state index contributed by atoms with van der Waals surface area (Å²) in [5.74, 6) is 1.89. The highest BCUT2D eigenvalue weighted by Crippen LogP contribution is 2.47. The molecule has 9 heteroatoms. The van der Waals surface area contributed by atoms with Crippen LogP contribution in [0.25, 0.3) is 0 Å². The van der Waals surface area contributed by atoms with Gasteiger partial charge in [-0.3, -0.25) is 9.69 Å². The number of methoxy groups -OCH3 is 1. The molecule has 9 nitrogen and oxygen atoms in total. The third-order valence-electron chi connectivity index (χ3n) is 7.62. The first-order valence-corrected chi connectivity index (χ1v) is 13.0. The van der Waals surface area contributed by atoms with Gasteiger partial charge in [0.2, 0.25) is 5.91 Å². The fraction of sp³-hybridized carbons (Fsp3) is 0.226. The van der Waals surface area contributed by atoms with Gasteiger partial charge in [-0.15, -0.1) is 0 Å². The lowest BCUT2D eigenvalue weighted by atomic mass is 9.75. The molecule has 202 valence electrons. The van der Waals surface area contributed by atoms with E-state index in [1.54, 1.807) is 18.3 Å². The first-order chi connectivity index (χ1) is 19.5. The zero-order chi connectivity index (χ0) is 27.7. The van der Waals surface area contributed by atoms with E-state index in [2.05, 4.69) is 0 Å². The van der Waals surface area contributed by atoms with E-state index in [1.165, 1.54) is 6.34 Å². The van der Waals surface area contributed by atoms with Crippen molar-refractivity contribution in [2.75, 3.05) is 7.11 Å². The quantitative estimate of drug-likeness (QED) is 0.357. The SMILES string of the molecule is COc1ccc(CN2C(=O)CC3(c4ccc(CO)cc4)C2=NC=Nc2c3ncn2Cc2ccc(CO)cc2)cc1. The average molecular weight is 536 g/mol. The second kappa shape index (κ2) is 10.5. The van der Waals surface area contributed by atoms with Crippen molar-refractivity contribution in [1.29, 1.82) is 0 Å². The molecule has 40 heavy (non-hydrogen) atoms. The van der Waals surface area contributed by atoms with Crippen molar-refractivity contribution in [3.63, 3.8) is 0 Å². The summed E-state index contributed by atoms with van der Waals surface area (Å²) in [6.07, 6.45) is 3.41. The highest BCUT2D eigenvalue weighted by Gasteiger charge is 2.55. The van der Waals surface area contributed by atoms with Gasteiger partial charge in [0.05, 0.1) is 39.7 Å². The van der Waals surface area contributed by atoms with Gasteiger partial charge in [-0.2, -0.15) is 0 Å². The molecule has 1 fully saturated rings. The van der Waals surface area contributed by atoms with Gasteiger partial charge in [0.15, 0.2) is 5.82 Å². The molecule has 0 aliphatic carbocycles. The van der Waals surface area contributed by atoms with Gasteiger partial charge in [0, 0.05) is 6.42 Å². The molecule has 3 heterocycles. The Labute approximate surface area is 231 Å². The molecule has 2 N–H and O–H groups in total. The summed E-state index contributed by atoms with van der Waals surface area (Å²) in [7, 11) is 1.62. The fourth-order valence-electron chi connectivity index (χ4n) is 5.47. The van der Waals surface area contributed by atoms with E-state index in [0.29, 0.717) is 30.4 Å². The van der Waals surface area contributed by atoms with Crippen molar-refractivity contribution in [3.05, 3.63) is 113 Å². The van der Waals surface area contributed by atoms with E-state index in [9.17, 15) is 15.0 Å². The smallest absolute Gasteiger partial charge is 0.230 e.